The number of anilines is 3. The Balaban J connectivity index is 1.58. The number of carbonyl (C=O) groups is 2. The molecule has 3 amide bonds. The van der Waals surface area contributed by atoms with E-state index in [4.69, 9.17) is 9.47 Å². The Bertz CT molecular complexity index is 879. The molecule has 8 nitrogen and oxygen atoms in total. The maximum atomic E-state index is 12.6. The number of hydrogen-bond acceptors (Lipinski definition) is 5. The standard InChI is InChI=1S/C21H26N4O4/c1-15(26)22-16-5-4-6-18(13-16)24-9-11-25(12-10-24)21(27)23-17-7-8-19(28-2)20(14-17)29-3/h4-8,13-14H,9-12H2,1-3H3,(H,22,26)(H,23,27). The number of carbonyl (C=O) groups excluding carboxylic acids is 2. The van der Waals surface area contributed by atoms with Crippen LogP contribution < -0.4 is 25.0 Å². The molecule has 2 aromatic rings. The average molecular weight is 398 g/mol. The molecule has 29 heavy (non-hydrogen) atoms. The minimum atomic E-state index is -0.149. The second-order valence-electron chi connectivity index (χ2n) is 6.71. The lowest BCUT2D eigenvalue weighted by atomic mass is 10.2. The molecule has 1 heterocycles. The number of nitrogens with one attached hydrogen (secondary N) is 2. The van der Waals surface area contributed by atoms with E-state index in [-0.39, 0.29) is 11.9 Å². The fourth-order valence-corrected chi connectivity index (χ4v) is 3.27. The van der Waals surface area contributed by atoms with E-state index in [1.807, 2.05) is 24.3 Å². The second-order valence-corrected chi connectivity index (χ2v) is 6.71. The molecule has 1 saturated heterocycles. The summed E-state index contributed by atoms with van der Waals surface area (Å²) in [5.74, 6) is 1.08. The Kier molecular flexibility index (Phi) is 6.43. The topological polar surface area (TPSA) is 83.1 Å². The first kappa shape index (κ1) is 20.3. The first-order valence-corrected chi connectivity index (χ1v) is 9.40. The number of urea groups is 1. The van der Waals surface area contributed by atoms with E-state index < -0.39 is 0 Å². The van der Waals surface area contributed by atoms with Gasteiger partial charge in [-0.15, -0.1) is 0 Å². The van der Waals surface area contributed by atoms with Gasteiger partial charge in [0.05, 0.1) is 14.2 Å². The van der Waals surface area contributed by atoms with Gasteiger partial charge in [-0.3, -0.25) is 4.79 Å². The lowest BCUT2D eigenvalue weighted by Gasteiger charge is -2.36. The van der Waals surface area contributed by atoms with Gasteiger partial charge in [-0.1, -0.05) is 6.07 Å². The van der Waals surface area contributed by atoms with E-state index in [1.54, 1.807) is 37.3 Å². The second kappa shape index (κ2) is 9.18. The molecule has 8 heteroatoms. The van der Waals surface area contributed by atoms with E-state index in [1.165, 1.54) is 6.92 Å². The minimum Gasteiger partial charge on any atom is -0.493 e. The highest BCUT2D eigenvalue weighted by Gasteiger charge is 2.22. The lowest BCUT2D eigenvalue weighted by molar-refractivity contribution is -0.114. The third kappa shape index (κ3) is 5.10. The van der Waals surface area contributed by atoms with Crippen molar-refractivity contribution in [3.63, 3.8) is 0 Å². The zero-order chi connectivity index (χ0) is 20.8. The monoisotopic (exact) mass is 398 g/mol. The summed E-state index contributed by atoms with van der Waals surface area (Å²) in [5.41, 5.74) is 2.44. The van der Waals surface area contributed by atoms with E-state index in [0.717, 1.165) is 11.4 Å². The first-order valence-electron chi connectivity index (χ1n) is 9.40. The van der Waals surface area contributed by atoms with Crippen LogP contribution >= 0.6 is 0 Å². The van der Waals surface area contributed by atoms with Crippen LogP contribution in [-0.2, 0) is 4.79 Å². The highest BCUT2D eigenvalue weighted by Crippen LogP contribution is 2.30. The van der Waals surface area contributed by atoms with Crippen molar-refractivity contribution in [2.75, 3.05) is 55.9 Å². The summed E-state index contributed by atoms with van der Waals surface area (Å²) in [5, 5.41) is 5.71. The van der Waals surface area contributed by atoms with Crippen LogP contribution in [0.15, 0.2) is 42.5 Å². The normalized spacial score (nSPS) is 13.6. The van der Waals surface area contributed by atoms with E-state index in [9.17, 15) is 9.59 Å². The Hall–Kier alpha value is -3.42. The van der Waals surface area contributed by atoms with Crippen molar-refractivity contribution in [3.8, 4) is 11.5 Å². The molecule has 2 N–H and O–H groups in total. The van der Waals surface area contributed by atoms with Crippen LogP contribution in [0.2, 0.25) is 0 Å². The van der Waals surface area contributed by atoms with Gasteiger partial charge in [-0.2, -0.15) is 0 Å². The fraction of sp³-hybridized carbons (Fsp3) is 0.333. The highest BCUT2D eigenvalue weighted by molar-refractivity contribution is 5.90. The van der Waals surface area contributed by atoms with Gasteiger partial charge in [0.1, 0.15) is 0 Å². The summed E-state index contributed by atoms with van der Waals surface area (Å²) in [6.07, 6.45) is 0. The van der Waals surface area contributed by atoms with Crippen molar-refractivity contribution in [1.29, 1.82) is 0 Å². The van der Waals surface area contributed by atoms with Gasteiger partial charge in [-0.05, 0) is 30.3 Å². The quantitative estimate of drug-likeness (QED) is 0.809. The summed E-state index contributed by atoms with van der Waals surface area (Å²) >= 11 is 0. The van der Waals surface area contributed by atoms with Gasteiger partial charge in [0.25, 0.3) is 0 Å². The van der Waals surface area contributed by atoms with Crippen LogP contribution in [0.3, 0.4) is 0 Å². The molecule has 2 aromatic carbocycles. The van der Waals surface area contributed by atoms with Crippen LogP contribution in [0.1, 0.15) is 6.92 Å². The number of amides is 3. The maximum absolute atomic E-state index is 12.6. The van der Waals surface area contributed by atoms with Crippen molar-refractivity contribution in [2.45, 2.75) is 6.92 Å². The van der Waals surface area contributed by atoms with Crippen LogP contribution in [0.4, 0.5) is 21.9 Å². The van der Waals surface area contributed by atoms with Gasteiger partial charge < -0.3 is 29.9 Å². The number of hydrogen-bond donors (Lipinski definition) is 2. The molecule has 0 aliphatic carbocycles. The zero-order valence-electron chi connectivity index (χ0n) is 16.9. The number of ether oxygens (including phenoxy) is 2. The smallest absolute Gasteiger partial charge is 0.321 e. The summed E-state index contributed by atoms with van der Waals surface area (Å²) in [4.78, 5) is 27.9. The number of piperazine rings is 1. The van der Waals surface area contributed by atoms with E-state index >= 15 is 0 Å². The number of benzene rings is 2. The molecule has 0 saturated carbocycles. The molecule has 0 bridgehead atoms. The van der Waals surface area contributed by atoms with Crippen LogP contribution in [0, 0.1) is 0 Å². The van der Waals surface area contributed by atoms with Crippen molar-refractivity contribution in [3.05, 3.63) is 42.5 Å². The molecule has 0 aromatic heterocycles. The van der Waals surface area contributed by atoms with Gasteiger partial charge >= 0.3 is 6.03 Å². The van der Waals surface area contributed by atoms with Crippen molar-refractivity contribution in [2.24, 2.45) is 0 Å². The van der Waals surface area contributed by atoms with Gasteiger partial charge in [0.15, 0.2) is 11.5 Å². The molecule has 0 unspecified atom stereocenters. The van der Waals surface area contributed by atoms with Crippen LogP contribution in [-0.4, -0.2) is 57.2 Å². The molecule has 0 radical (unpaired) electrons. The molecular weight excluding hydrogens is 372 g/mol. The molecule has 154 valence electrons. The SMILES string of the molecule is COc1ccc(NC(=O)N2CCN(c3cccc(NC(C)=O)c3)CC2)cc1OC. The molecule has 3 rings (SSSR count). The predicted molar refractivity (Wildman–Crippen MR) is 113 cm³/mol. The van der Waals surface area contributed by atoms with Crippen molar-refractivity contribution < 1.29 is 19.1 Å². The molecule has 0 spiro atoms. The molecular formula is C21H26N4O4. The van der Waals surface area contributed by atoms with Crippen LogP contribution in [0.25, 0.3) is 0 Å². The van der Waals surface area contributed by atoms with Crippen LogP contribution in [0.5, 0.6) is 11.5 Å². The maximum Gasteiger partial charge on any atom is 0.321 e. The number of methoxy groups -OCH3 is 2. The third-order valence-corrected chi connectivity index (χ3v) is 4.73. The molecule has 1 aliphatic rings. The Morgan fingerprint density at radius 1 is 0.862 bits per heavy atom. The Labute approximate surface area is 170 Å². The largest absolute Gasteiger partial charge is 0.493 e. The minimum absolute atomic E-state index is 0.0983. The Morgan fingerprint density at radius 3 is 2.21 bits per heavy atom. The van der Waals surface area contributed by atoms with E-state index in [2.05, 4.69) is 15.5 Å². The number of nitrogens with zero attached hydrogens (tertiary/aromatic N) is 2. The molecule has 1 fully saturated rings. The zero-order valence-corrected chi connectivity index (χ0v) is 16.9. The summed E-state index contributed by atoms with van der Waals surface area (Å²) in [6.45, 7) is 4.11. The molecule has 1 aliphatic heterocycles. The fourth-order valence-electron chi connectivity index (χ4n) is 3.27. The Morgan fingerprint density at radius 2 is 1.55 bits per heavy atom. The van der Waals surface area contributed by atoms with Gasteiger partial charge in [0.2, 0.25) is 5.91 Å². The summed E-state index contributed by atoms with van der Waals surface area (Å²) in [6, 6.07) is 12.8. The summed E-state index contributed by atoms with van der Waals surface area (Å²) < 4.78 is 10.5. The van der Waals surface area contributed by atoms with Crippen molar-refractivity contribution >= 4 is 29.0 Å². The van der Waals surface area contributed by atoms with Gasteiger partial charge in [0, 0.05) is 56.2 Å². The summed E-state index contributed by atoms with van der Waals surface area (Å²) in [7, 11) is 3.13. The van der Waals surface area contributed by atoms with Crippen molar-refractivity contribution in [1.82, 2.24) is 4.90 Å². The first-order chi connectivity index (χ1) is 14.0. The predicted octanol–water partition coefficient (Wildman–Crippen LogP) is 3.02. The highest BCUT2D eigenvalue weighted by atomic mass is 16.5. The van der Waals surface area contributed by atoms with Gasteiger partial charge in [-0.25, -0.2) is 4.79 Å². The molecule has 0 atom stereocenters. The third-order valence-electron chi connectivity index (χ3n) is 4.73. The average Bonchev–Trinajstić information content (AvgIpc) is 2.73. The number of rotatable bonds is 5. The van der Waals surface area contributed by atoms with E-state index in [0.29, 0.717) is 43.4 Å². The lowest BCUT2D eigenvalue weighted by Crippen LogP contribution is -2.50.